The lowest BCUT2D eigenvalue weighted by molar-refractivity contribution is 0.398. The molecule has 1 aromatic heterocycles. The molecule has 0 aliphatic carbocycles. The number of benzene rings is 1. The zero-order valence-electron chi connectivity index (χ0n) is 11.1. The van der Waals surface area contributed by atoms with Gasteiger partial charge in [0.25, 0.3) is 0 Å². The first kappa shape index (κ1) is 13.5. The van der Waals surface area contributed by atoms with Gasteiger partial charge in [0, 0.05) is 0 Å². The number of ether oxygens (including phenoxy) is 1. The fraction of sp³-hybridized carbons (Fsp3) is 0.267. The van der Waals surface area contributed by atoms with Crippen molar-refractivity contribution in [3.8, 4) is 5.75 Å². The van der Waals surface area contributed by atoms with Crippen molar-refractivity contribution in [2.45, 2.75) is 18.9 Å². The summed E-state index contributed by atoms with van der Waals surface area (Å²) in [4.78, 5) is 4.06. The number of aromatic nitrogens is 1. The van der Waals surface area contributed by atoms with Crippen molar-refractivity contribution in [1.29, 1.82) is 0 Å². The maximum Gasteiger partial charge on any atom is 0.141 e. The molecule has 0 spiro atoms. The number of rotatable bonds is 4. The molecule has 2 rings (SSSR count). The summed E-state index contributed by atoms with van der Waals surface area (Å²) in [6, 6.07) is 10.7. The van der Waals surface area contributed by atoms with E-state index >= 15 is 0 Å². The summed E-state index contributed by atoms with van der Waals surface area (Å²) >= 11 is 0. The van der Waals surface area contributed by atoms with E-state index in [1.54, 1.807) is 13.2 Å². The number of para-hydroxylation sites is 1. The van der Waals surface area contributed by atoms with E-state index in [1.165, 1.54) is 12.3 Å². The van der Waals surface area contributed by atoms with E-state index in [0.29, 0.717) is 12.1 Å². The first-order valence-electron chi connectivity index (χ1n) is 6.06. The van der Waals surface area contributed by atoms with Crippen LogP contribution in [0.3, 0.4) is 0 Å². The van der Waals surface area contributed by atoms with Gasteiger partial charge in [0.15, 0.2) is 0 Å². The predicted molar refractivity (Wildman–Crippen MR) is 72.4 cm³/mol. The Bertz CT molecular complexity index is 552. The van der Waals surface area contributed by atoms with E-state index in [4.69, 9.17) is 10.5 Å². The number of nitrogens with zero attached hydrogens (tertiary/aromatic N) is 1. The summed E-state index contributed by atoms with van der Waals surface area (Å²) in [5.41, 5.74) is 7.28. The molecule has 4 heteroatoms. The normalized spacial score (nSPS) is 13.9. The standard InChI is InChI=1S/C15H17FN2O/c1-15(17,14-8-7-12(16)10-18-14)9-11-5-3-4-6-13(11)19-2/h3-8,10H,9,17H2,1-2H3. The third-order valence-corrected chi connectivity index (χ3v) is 3.06. The number of halogens is 1. The Labute approximate surface area is 112 Å². The topological polar surface area (TPSA) is 48.1 Å². The van der Waals surface area contributed by atoms with Gasteiger partial charge in [-0.05, 0) is 37.1 Å². The molecule has 0 saturated heterocycles. The molecule has 3 nitrogen and oxygen atoms in total. The second kappa shape index (κ2) is 5.36. The van der Waals surface area contributed by atoms with Gasteiger partial charge in [0.05, 0.1) is 24.5 Å². The second-order valence-corrected chi connectivity index (χ2v) is 4.77. The van der Waals surface area contributed by atoms with E-state index in [0.717, 1.165) is 11.3 Å². The maximum absolute atomic E-state index is 12.9. The highest BCUT2D eigenvalue weighted by molar-refractivity contribution is 5.35. The summed E-state index contributed by atoms with van der Waals surface area (Å²) in [6.07, 6.45) is 1.75. The van der Waals surface area contributed by atoms with Crippen molar-refractivity contribution in [2.75, 3.05) is 7.11 Å². The van der Waals surface area contributed by atoms with Crippen LogP contribution in [-0.4, -0.2) is 12.1 Å². The van der Waals surface area contributed by atoms with Crippen molar-refractivity contribution in [2.24, 2.45) is 5.73 Å². The molecule has 0 fully saturated rings. The zero-order valence-corrected chi connectivity index (χ0v) is 11.1. The van der Waals surface area contributed by atoms with Crippen LogP contribution in [0, 0.1) is 5.82 Å². The Morgan fingerprint density at radius 3 is 2.63 bits per heavy atom. The molecule has 0 bridgehead atoms. The van der Waals surface area contributed by atoms with Gasteiger partial charge in [-0.25, -0.2) is 4.39 Å². The van der Waals surface area contributed by atoms with E-state index in [9.17, 15) is 4.39 Å². The van der Waals surface area contributed by atoms with Gasteiger partial charge >= 0.3 is 0 Å². The van der Waals surface area contributed by atoms with Crippen LogP contribution in [0.1, 0.15) is 18.2 Å². The molecule has 2 aromatic rings. The smallest absolute Gasteiger partial charge is 0.141 e. The van der Waals surface area contributed by atoms with Crippen molar-refractivity contribution in [3.63, 3.8) is 0 Å². The van der Waals surface area contributed by atoms with Crippen LogP contribution in [0.25, 0.3) is 0 Å². The molecule has 19 heavy (non-hydrogen) atoms. The summed E-state index contributed by atoms with van der Waals surface area (Å²) < 4.78 is 18.2. The van der Waals surface area contributed by atoms with Crippen molar-refractivity contribution in [1.82, 2.24) is 4.98 Å². The van der Waals surface area contributed by atoms with Gasteiger partial charge in [-0.2, -0.15) is 0 Å². The highest BCUT2D eigenvalue weighted by Crippen LogP contribution is 2.26. The van der Waals surface area contributed by atoms with Crippen molar-refractivity contribution >= 4 is 0 Å². The molecule has 1 unspecified atom stereocenters. The number of methoxy groups -OCH3 is 1. The average Bonchev–Trinajstić information content (AvgIpc) is 2.39. The van der Waals surface area contributed by atoms with Gasteiger partial charge < -0.3 is 10.5 Å². The molecule has 1 atom stereocenters. The molecule has 1 heterocycles. The van der Waals surface area contributed by atoms with Gasteiger partial charge in [0.1, 0.15) is 11.6 Å². The Kier molecular flexibility index (Phi) is 3.81. The summed E-state index contributed by atoms with van der Waals surface area (Å²) in [6.45, 7) is 1.87. The van der Waals surface area contributed by atoms with Gasteiger partial charge in [-0.1, -0.05) is 18.2 Å². The van der Waals surface area contributed by atoms with Gasteiger partial charge in [0.2, 0.25) is 0 Å². The van der Waals surface area contributed by atoms with Crippen LogP contribution in [-0.2, 0) is 12.0 Å². The maximum atomic E-state index is 12.9. The van der Waals surface area contributed by atoms with E-state index in [1.807, 2.05) is 31.2 Å². The summed E-state index contributed by atoms with van der Waals surface area (Å²) in [5.74, 6) is 0.429. The Morgan fingerprint density at radius 1 is 1.26 bits per heavy atom. The minimum Gasteiger partial charge on any atom is -0.496 e. The summed E-state index contributed by atoms with van der Waals surface area (Å²) in [7, 11) is 1.63. The quantitative estimate of drug-likeness (QED) is 0.919. The van der Waals surface area contributed by atoms with Crippen molar-refractivity contribution < 1.29 is 9.13 Å². The zero-order chi connectivity index (χ0) is 13.9. The first-order valence-corrected chi connectivity index (χ1v) is 6.06. The van der Waals surface area contributed by atoms with Gasteiger partial charge in [-0.15, -0.1) is 0 Å². The first-order chi connectivity index (χ1) is 9.03. The molecule has 2 N–H and O–H groups in total. The monoisotopic (exact) mass is 260 g/mol. The lowest BCUT2D eigenvalue weighted by Crippen LogP contribution is -2.36. The number of hydrogen-bond acceptors (Lipinski definition) is 3. The van der Waals surface area contributed by atoms with E-state index in [2.05, 4.69) is 4.98 Å². The van der Waals surface area contributed by atoms with E-state index in [-0.39, 0.29) is 5.82 Å². The van der Waals surface area contributed by atoms with Crippen LogP contribution in [0.2, 0.25) is 0 Å². The number of pyridine rings is 1. The molecule has 1 aromatic carbocycles. The Balaban J connectivity index is 2.27. The Morgan fingerprint density at radius 2 is 2.00 bits per heavy atom. The third-order valence-electron chi connectivity index (χ3n) is 3.06. The number of hydrogen-bond donors (Lipinski definition) is 1. The molecule has 0 aliphatic rings. The Hall–Kier alpha value is -1.94. The lowest BCUT2D eigenvalue weighted by atomic mass is 9.90. The molecule has 100 valence electrons. The molecular formula is C15H17FN2O. The minimum absolute atomic E-state index is 0.364. The fourth-order valence-corrected chi connectivity index (χ4v) is 2.05. The molecular weight excluding hydrogens is 243 g/mol. The molecule has 0 saturated carbocycles. The minimum atomic E-state index is -0.678. The lowest BCUT2D eigenvalue weighted by Gasteiger charge is -2.25. The highest BCUT2D eigenvalue weighted by Gasteiger charge is 2.24. The third kappa shape index (κ3) is 3.09. The van der Waals surface area contributed by atoms with Crippen LogP contribution >= 0.6 is 0 Å². The summed E-state index contributed by atoms with van der Waals surface area (Å²) in [5, 5.41) is 0. The largest absolute Gasteiger partial charge is 0.496 e. The SMILES string of the molecule is COc1ccccc1CC(C)(N)c1ccc(F)cn1. The van der Waals surface area contributed by atoms with Crippen molar-refractivity contribution in [3.05, 3.63) is 59.7 Å². The van der Waals surface area contributed by atoms with Gasteiger partial charge in [-0.3, -0.25) is 4.98 Å². The number of nitrogens with two attached hydrogens (primary N) is 1. The molecule has 0 radical (unpaired) electrons. The second-order valence-electron chi connectivity index (χ2n) is 4.77. The van der Waals surface area contributed by atoms with Crippen LogP contribution < -0.4 is 10.5 Å². The molecule has 0 aliphatic heterocycles. The van der Waals surface area contributed by atoms with Crippen LogP contribution in [0.5, 0.6) is 5.75 Å². The predicted octanol–water partition coefficient (Wildman–Crippen LogP) is 2.65. The molecule has 0 amide bonds. The fourth-order valence-electron chi connectivity index (χ4n) is 2.05. The average molecular weight is 260 g/mol. The van der Waals surface area contributed by atoms with Crippen LogP contribution in [0.4, 0.5) is 4.39 Å². The van der Waals surface area contributed by atoms with E-state index < -0.39 is 5.54 Å². The van der Waals surface area contributed by atoms with Crippen LogP contribution in [0.15, 0.2) is 42.6 Å². The highest BCUT2D eigenvalue weighted by atomic mass is 19.1.